The van der Waals surface area contributed by atoms with E-state index in [0.29, 0.717) is 49.1 Å². The molecule has 4 fully saturated rings. The molecule has 4 aliphatic rings. The molecule has 0 aromatic rings. The third kappa shape index (κ3) is 3.85. The normalized spacial score (nSPS) is 41.1. The summed E-state index contributed by atoms with van der Waals surface area (Å²) in [4.78, 5) is 22.9. The topological polar surface area (TPSA) is 99.7 Å². The Bertz CT molecular complexity index is 506. The van der Waals surface area contributed by atoms with E-state index in [1.54, 1.807) is 0 Å². The Labute approximate surface area is 147 Å². The molecular formula is C19H28O6. The maximum Gasteiger partial charge on any atom is 0.306 e. The predicted molar refractivity (Wildman–Crippen MR) is 88.1 cm³/mol. The lowest BCUT2D eigenvalue weighted by Crippen LogP contribution is -2.39. The van der Waals surface area contributed by atoms with Crippen molar-refractivity contribution in [1.29, 1.82) is 0 Å². The molecule has 2 heterocycles. The number of fused-ring (bicyclic) bond motifs is 2. The zero-order chi connectivity index (χ0) is 17.6. The molecule has 2 aliphatic carbocycles. The first-order chi connectivity index (χ1) is 12.0. The van der Waals surface area contributed by atoms with Gasteiger partial charge in [0.2, 0.25) is 0 Å². The monoisotopic (exact) mass is 352 g/mol. The molecule has 0 radical (unpaired) electrons. The van der Waals surface area contributed by atoms with Gasteiger partial charge in [0.25, 0.3) is 0 Å². The van der Waals surface area contributed by atoms with Crippen molar-refractivity contribution in [1.82, 2.24) is 0 Å². The molecule has 0 aromatic heterocycles. The second kappa shape index (κ2) is 6.88. The summed E-state index contributed by atoms with van der Waals surface area (Å²) in [6, 6.07) is 0. The summed E-state index contributed by atoms with van der Waals surface area (Å²) >= 11 is 0. The Kier molecular flexibility index (Phi) is 4.75. The van der Waals surface area contributed by atoms with Gasteiger partial charge in [0, 0.05) is 6.42 Å². The van der Waals surface area contributed by atoms with Gasteiger partial charge in [-0.05, 0) is 69.1 Å². The molecule has 2 saturated carbocycles. The van der Waals surface area contributed by atoms with Crippen LogP contribution in [0.1, 0.15) is 57.8 Å². The van der Waals surface area contributed by atoms with Crippen molar-refractivity contribution < 1.29 is 29.3 Å². The van der Waals surface area contributed by atoms with Crippen molar-refractivity contribution in [2.24, 2.45) is 23.7 Å². The summed E-state index contributed by atoms with van der Waals surface area (Å²) in [5.74, 6) is -1.15. The SMILES string of the molecule is O=C(O)CCCC(C(=O)O)C(C1CCC2OC2C1)C1CCC2OC2C1. The van der Waals surface area contributed by atoms with Gasteiger partial charge in [0.05, 0.1) is 30.3 Å². The Balaban J connectivity index is 1.48. The lowest BCUT2D eigenvalue weighted by molar-refractivity contribution is -0.147. The lowest BCUT2D eigenvalue weighted by Gasteiger charge is -2.39. The van der Waals surface area contributed by atoms with E-state index in [-0.39, 0.29) is 12.3 Å². The number of carbonyl (C=O) groups is 2. The smallest absolute Gasteiger partial charge is 0.306 e. The van der Waals surface area contributed by atoms with E-state index in [1.165, 1.54) is 0 Å². The van der Waals surface area contributed by atoms with E-state index in [2.05, 4.69) is 0 Å². The molecule has 6 nitrogen and oxygen atoms in total. The number of epoxide rings is 2. The first-order valence-corrected chi connectivity index (χ1v) is 9.78. The fraction of sp³-hybridized carbons (Fsp3) is 0.895. The minimum Gasteiger partial charge on any atom is -0.481 e. The highest BCUT2D eigenvalue weighted by Crippen LogP contribution is 2.51. The molecule has 2 N–H and O–H groups in total. The highest BCUT2D eigenvalue weighted by Gasteiger charge is 2.52. The molecule has 140 valence electrons. The number of carboxylic acids is 2. The van der Waals surface area contributed by atoms with Crippen molar-refractivity contribution in [3.05, 3.63) is 0 Å². The molecular weight excluding hydrogens is 324 g/mol. The average Bonchev–Trinajstić information content (AvgIpc) is 3.46. The quantitative estimate of drug-likeness (QED) is 0.652. The molecule has 0 spiro atoms. The van der Waals surface area contributed by atoms with Gasteiger partial charge < -0.3 is 19.7 Å². The molecule has 7 atom stereocenters. The van der Waals surface area contributed by atoms with Crippen molar-refractivity contribution in [3.63, 3.8) is 0 Å². The van der Waals surface area contributed by atoms with Crippen LogP contribution >= 0.6 is 0 Å². The van der Waals surface area contributed by atoms with Crippen LogP contribution in [-0.2, 0) is 19.1 Å². The van der Waals surface area contributed by atoms with E-state index in [9.17, 15) is 14.7 Å². The van der Waals surface area contributed by atoms with Gasteiger partial charge >= 0.3 is 11.9 Å². The second-order valence-electron chi connectivity index (χ2n) is 8.38. The standard InChI is InChI=1S/C19H28O6/c20-17(21)3-1-2-12(19(22)23)18(10-4-6-13-15(8-10)24-13)11-5-7-14-16(9-11)25-14/h10-16,18H,1-9H2,(H,20,21)(H,22,23). The maximum atomic E-state index is 12.1. The van der Waals surface area contributed by atoms with Crippen LogP contribution < -0.4 is 0 Å². The van der Waals surface area contributed by atoms with Crippen LogP contribution in [0.3, 0.4) is 0 Å². The summed E-state index contributed by atoms with van der Waals surface area (Å²) in [5.41, 5.74) is 0. The van der Waals surface area contributed by atoms with Crippen LogP contribution in [0, 0.1) is 23.7 Å². The third-order valence-electron chi connectivity index (χ3n) is 6.87. The summed E-state index contributed by atoms with van der Waals surface area (Å²) in [6.07, 6.45) is 8.57. The molecule has 0 bridgehead atoms. The Hall–Kier alpha value is -1.14. The Morgan fingerprint density at radius 2 is 1.44 bits per heavy atom. The number of aliphatic carboxylic acids is 2. The fourth-order valence-electron chi connectivity index (χ4n) is 5.56. The molecule has 7 unspecified atom stereocenters. The number of hydrogen-bond donors (Lipinski definition) is 2. The molecule has 2 aliphatic heterocycles. The van der Waals surface area contributed by atoms with E-state index in [1.807, 2.05) is 0 Å². The van der Waals surface area contributed by atoms with Gasteiger partial charge in [-0.3, -0.25) is 9.59 Å². The van der Waals surface area contributed by atoms with E-state index in [4.69, 9.17) is 14.6 Å². The van der Waals surface area contributed by atoms with Gasteiger partial charge in [-0.25, -0.2) is 0 Å². The number of ether oxygens (including phenoxy) is 2. The molecule has 4 rings (SSSR count). The Morgan fingerprint density at radius 1 is 0.880 bits per heavy atom. The summed E-state index contributed by atoms with van der Waals surface area (Å²) in [5, 5.41) is 18.8. The van der Waals surface area contributed by atoms with Crippen molar-refractivity contribution in [3.8, 4) is 0 Å². The predicted octanol–water partition coefficient (Wildman–Crippen LogP) is 2.69. The van der Waals surface area contributed by atoms with E-state index < -0.39 is 17.9 Å². The molecule has 0 amide bonds. The Morgan fingerprint density at radius 3 is 1.88 bits per heavy atom. The van der Waals surface area contributed by atoms with Crippen LogP contribution in [0.25, 0.3) is 0 Å². The van der Waals surface area contributed by atoms with Gasteiger partial charge in [0.1, 0.15) is 0 Å². The van der Waals surface area contributed by atoms with Gasteiger partial charge in [-0.1, -0.05) is 0 Å². The number of hydrogen-bond acceptors (Lipinski definition) is 4. The first-order valence-electron chi connectivity index (χ1n) is 9.78. The summed E-state index contributed by atoms with van der Waals surface area (Å²) < 4.78 is 11.4. The highest BCUT2D eigenvalue weighted by atomic mass is 16.6. The van der Waals surface area contributed by atoms with Gasteiger partial charge in [0.15, 0.2) is 0 Å². The average molecular weight is 352 g/mol. The van der Waals surface area contributed by atoms with Gasteiger partial charge in [-0.15, -0.1) is 0 Å². The third-order valence-corrected chi connectivity index (χ3v) is 6.87. The van der Waals surface area contributed by atoms with Crippen LogP contribution in [0.4, 0.5) is 0 Å². The molecule has 6 heteroatoms. The fourth-order valence-corrected chi connectivity index (χ4v) is 5.56. The van der Waals surface area contributed by atoms with Crippen LogP contribution in [0.5, 0.6) is 0 Å². The van der Waals surface area contributed by atoms with Crippen molar-refractivity contribution >= 4 is 11.9 Å². The maximum absolute atomic E-state index is 12.1. The lowest BCUT2D eigenvalue weighted by atomic mass is 9.64. The van der Waals surface area contributed by atoms with E-state index >= 15 is 0 Å². The second-order valence-corrected chi connectivity index (χ2v) is 8.38. The highest BCUT2D eigenvalue weighted by molar-refractivity contribution is 5.71. The summed E-state index contributed by atoms with van der Waals surface area (Å²) in [7, 11) is 0. The number of rotatable bonds is 8. The largest absolute Gasteiger partial charge is 0.481 e. The minimum absolute atomic E-state index is 0.0491. The number of carboxylic acid groups (broad SMARTS) is 2. The molecule has 2 saturated heterocycles. The summed E-state index contributed by atoms with van der Waals surface area (Å²) in [6.45, 7) is 0. The van der Waals surface area contributed by atoms with Gasteiger partial charge in [-0.2, -0.15) is 0 Å². The van der Waals surface area contributed by atoms with Crippen LogP contribution in [-0.4, -0.2) is 46.6 Å². The van der Waals surface area contributed by atoms with Crippen molar-refractivity contribution in [2.45, 2.75) is 82.2 Å². The molecule has 0 aromatic carbocycles. The molecule has 25 heavy (non-hydrogen) atoms. The van der Waals surface area contributed by atoms with E-state index in [0.717, 1.165) is 38.5 Å². The zero-order valence-electron chi connectivity index (χ0n) is 14.5. The van der Waals surface area contributed by atoms with Crippen LogP contribution in [0.15, 0.2) is 0 Å². The first kappa shape index (κ1) is 17.3. The minimum atomic E-state index is -0.848. The van der Waals surface area contributed by atoms with Crippen molar-refractivity contribution in [2.75, 3.05) is 0 Å². The van der Waals surface area contributed by atoms with Crippen LogP contribution in [0.2, 0.25) is 0 Å². The zero-order valence-corrected chi connectivity index (χ0v) is 14.5.